The number of rotatable bonds is 7. The van der Waals surface area contributed by atoms with Crippen LogP contribution in [-0.2, 0) is 11.3 Å². The minimum absolute atomic E-state index is 0.0279. The molecule has 0 saturated heterocycles. The molecule has 0 spiro atoms. The van der Waals surface area contributed by atoms with Crippen LogP contribution < -0.4 is 5.56 Å². The number of hydrogen-bond acceptors (Lipinski definition) is 5. The van der Waals surface area contributed by atoms with Gasteiger partial charge in [-0.3, -0.25) is 14.2 Å². The molecule has 0 aliphatic heterocycles. The maximum Gasteiger partial charge on any atom is 0.271 e. The Bertz CT molecular complexity index is 911. The van der Waals surface area contributed by atoms with E-state index in [1.165, 1.54) is 6.92 Å². The van der Waals surface area contributed by atoms with Crippen molar-refractivity contribution in [3.05, 3.63) is 61.3 Å². The third kappa shape index (κ3) is 4.03. The van der Waals surface area contributed by atoms with E-state index in [0.29, 0.717) is 25.2 Å². The molecule has 26 heavy (non-hydrogen) atoms. The van der Waals surface area contributed by atoms with E-state index in [4.69, 9.17) is 4.74 Å². The molecule has 1 heterocycles. The number of ether oxygens (including phenoxy) is 1. The van der Waals surface area contributed by atoms with Gasteiger partial charge < -0.3 is 9.84 Å². The third-order valence-corrected chi connectivity index (χ3v) is 4.54. The number of hydrogen-bond donors (Lipinski definition) is 1. The number of halogens is 1. The number of benzene rings is 1. The highest BCUT2D eigenvalue weighted by Crippen LogP contribution is 2.25. The molecule has 6 nitrogen and oxygen atoms in total. The summed E-state index contributed by atoms with van der Waals surface area (Å²) >= 11 is 3.30. The number of pyridine rings is 1. The number of aromatic hydroxyl groups is 1. The molecule has 0 atom stereocenters. The molecule has 0 bridgehead atoms. The van der Waals surface area contributed by atoms with E-state index in [9.17, 15) is 20.0 Å². The van der Waals surface area contributed by atoms with Crippen LogP contribution in [0.5, 0.6) is 5.88 Å². The zero-order valence-electron chi connectivity index (χ0n) is 14.6. The fraction of sp³-hybridized carbons (Fsp3) is 0.316. The first-order chi connectivity index (χ1) is 12.4. The van der Waals surface area contributed by atoms with Crippen molar-refractivity contribution in [2.45, 2.75) is 26.8 Å². The first-order valence-corrected chi connectivity index (χ1v) is 8.96. The average molecular weight is 419 g/mol. The predicted molar refractivity (Wildman–Crippen MR) is 101 cm³/mol. The van der Waals surface area contributed by atoms with E-state index >= 15 is 0 Å². The second-order valence-electron chi connectivity index (χ2n) is 5.65. The quantitative estimate of drug-likeness (QED) is 0.550. The van der Waals surface area contributed by atoms with Crippen LogP contribution in [0.15, 0.2) is 33.5 Å². The standard InChI is InChI=1S/C19H19BrN2O4/c1-3-26-10-4-9-22-18(24)15(11-21)12(2)16(19(22)25)17(23)13-5-7-14(20)8-6-13/h5-8,25H,3-4,9-10H2,1-2H3. The van der Waals surface area contributed by atoms with Crippen molar-refractivity contribution >= 4 is 21.7 Å². The molecule has 0 radical (unpaired) electrons. The molecule has 7 heteroatoms. The fourth-order valence-electron chi connectivity index (χ4n) is 2.64. The molecular weight excluding hydrogens is 400 g/mol. The number of carbonyl (C=O) groups is 1. The summed E-state index contributed by atoms with van der Waals surface area (Å²) in [6, 6.07) is 8.50. The molecule has 0 aliphatic rings. The van der Waals surface area contributed by atoms with Gasteiger partial charge in [-0.05, 0) is 50.1 Å². The lowest BCUT2D eigenvalue weighted by molar-refractivity contribution is 0.103. The summed E-state index contributed by atoms with van der Waals surface area (Å²) in [5, 5.41) is 19.9. The van der Waals surface area contributed by atoms with Crippen molar-refractivity contribution in [3.8, 4) is 11.9 Å². The summed E-state index contributed by atoms with van der Waals surface area (Å²) in [4.78, 5) is 25.4. The van der Waals surface area contributed by atoms with E-state index in [1.54, 1.807) is 24.3 Å². The summed E-state index contributed by atoms with van der Waals surface area (Å²) in [7, 11) is 0. The monoisotopic (exact) mass is 418 g/mol. The van der Waals surface area contributed by atoms with Gasteiger partial charge in [0, 0.05) is 29.8 Å². The van der Waals surface area contributed by atoms with E-state index < -0.39 is 17.2 Å². The minimum atomic E-state index is -0.605. The van der Waals surface area contributed by atoms with E-state index in [1.807, 2.05) is 13.0 Å². The first kappa shape index (κ1) is 19.9. The van der Waals surface area contributed by atoms with Crippen LogP contribution in [0.2, 0.25) is 0 Å². The predicted octanol–water partition coefficient (Wildman–Crippen LogP) is 3.15. The van der Waals surface area contributed by atoms with E-state index in [0.717, 1.165) is 9.04 Å². The smallest absolute Gasteiger partial charge is 0.271 e. The van der Waals surface area contributed by atoms with E-state index in [-0.39, 0.29) is 23.2 Å². The molecule has 0 saturated carbocycles. The van der Waals surface area contributed by atoms with Crippen molar-refractivity contribution in [1.82, 2.24) is 4.57 Å². The maximum atomic E-state index is 12.9. The fourth-order valence-corrected chi connectivity index (χ4v) is 2.91. The van der Waals surface area contributed by atoms with Gasteiger partial charge in [0.2, 0.25) is 5.88 Å². The summed E-state index contributed by atoms with van der Waals surface area (Å²) in [6.07, 6.45) is 0.473. The maximum absolute atomic E-state index is 12.9. The zero-order chi connectivity index (χ0) is 19.3. The molecule has 0 aliphatic carbocycles. The van der Waals surface area contributed by atoms with Crippen LogP contribution in [0.4, 0.5) is 0 Å². The van der Waals surface area contributed by atoms with Crippen LogP contribution in [0.25, 0.3) is 0 Å². The Kier molecular flexibility index (Phi) is 6.72. The van der Waals surface area contributed by atoms with Gasteiger partial charge in [-0.15, -0.1) is 0 Å². The lowest BCUT2D eigenvalue weighted by Crippen LogP contribution is -2.27. The topological polar surface area (TPSA) is 92.3 Å². The van der Waals surface area contributed by atoms with Crippen LogP contribution >= 0.6 is 15.9 Å². The van der Waals surface area contributed by atoms with Gasteiger partial charge in [-0.1, -0.05) is 15.9 Å². The van der Waals surface area contributed by atoms with Crippen molar-refractivity contribution < 1.29 is 14.6 Å². The molecule has 0 unspecified atom stereocenters. The summed E-state index contributed by atoms with van der Waals surface area (Å²) in [5.41, 5.74) is -0.232. The number of ketones is 1. The molecule has 2 rings (SSSR count). The lowest BCUT2D eigenvalue weighted by Gasteiger charge is -2.15. The molecule has 136 valence electrons. The molecule has 1 aromatic carbocycles. The number of carbonyl (C=O) groups excluding carboxylic acids is 1. The Morgan fingerprint density at radius 3 is 2.58 bits per heavy atom. The second kappa shape index (κ2) is 8.79. The highest BCUT2D eigenvalue weighted by molar-refractivity contribution is 9.10. The molecule has 1 aromatic heterocycles. The summed E-state index contributed by atoms with van der Waals surface area (Å²) in [5.74, 6) is -0.863. The largest absolute Gasteiger partial charge is 0.494 e. The van der Waals surface area contributed by atoms with Crippen molar-refractivity contribution in [3.63, 3.8) is 0 Å². The van der Waals surface area contributed by atoms with E-state index in [2.05, 4.69) is 15.9 Å². The van der Waals surface area contributed by atoms with Crippen LogP contribution in [-0.4, -0.2) is 28.7 Å². The Balaban J connectivity index is 2.54. The Morgan fingerprint density at radius 1 is 1.35 bits per heavy atom. The van der Waals surface area contributed by atoms with Crippen molar-refractivity contribution in [2.24, 2.45) is 0 Å². The molecule has 0 fully saturated rings. The third-order valence-electron chi connectivity index (χ3n) is 4.01. The van der Waals surface area contributed by atoms with Crippen molar-refractivity contribution in [2.75, 3.05) is 13.2 Å². The average Bonchev–Trinajstić information content (AvgIpc) is 2.62. The van der Waals surface area contributed by atoms with Gasteiger partial charge in [0.15, 0.2) is 5.78 Å². The second-order valence-corrected chi connectivity index (χ2v) is 6.57. The lowest BCUT2D eigenvalue weighted by atomic mass is 9.97. The summed E-state index contributed by atoms with van der Waals surface area (Å²) < 4.78 is 7.12. The Labute approximate surface area is 159 Å². The molecular formula is C19H19BrN2O4. The number of aromatic nitrogens is 1. The number of nitriles is 1. The molecule has 0 amide bonds. The summed E-state index contributed by atoms with van der Waals surface area (Å²) in [6.45, 7) is 4.47. The Morgan fingerprint density at radius 2 is 2.00 bits per heavy atom. The van der Waals surface area contributed by atoms with Gasteiger partial charge in [0.25, 0.3) is 5.56 Å². The Hall–Kier alpha value is -2.43. The van der Waals surface area contributed by atoms with Gasteiger partial charge in [-0.25, -0.2) is 0 Å². The highest BCUT2D eigenvalue weighted by atomic mass is 79.9. The van der Waals surface area contributed by atoms with Crippen LogP contribution in [0.3, 0.4) is 0 Å². The minimum Gasteiger partial charge on any atom is -0.494 e. The van der Waals surface area contributed by atoms with Gasteiger partial charge in [-0.2, -0.15) is 5.26 Å². The zero-order valence-corrected chi connectivity index (χ0v) is 16.2. The van der Waals surface area contributed by atoms with Gasteiger partial charge in [0.1, 0.15) is 11.6 Å². The SMILES string of the molecule is CCOCCCn1c(O)c(C(=O)c2ccc(Br)cc2)c(C)c(C#N)c1=O. The first-order valence-electron chi connectivity index (χ1n) is 8.16. The number of nitrogens with zero attached hydrogens (tertiary/aromatic N) is 2. The van der Waals surface area contributed by atoms with Crippen LogP contribution in [0, 0.1) is 18.3 Å². The highest BCUT2D eigenvalue weighted by Gasteiger charge is 2.24. The normalized spacial score (nSPS) is 10.5. The van der Waals surface area contributed by atoms with Crippen LogP contribution in [0.1, 0.15) is 40.4 Å². The molecule has 2 aromatic rings. The van der Waals surface area contributed by atoms with Gasteiger partial charge >= 0.3 is 0 Å². The van der Waals surface area contributed by atoms with Gasteiger partial charge in [0.05, 0.1) is 5.56 Å². The molecule has 1 N–H and O–H groups in total. The van der Waals surface area contributed by atoms with Crippen molar-refractivity contribution in [1.29, 1.82) is 5.26 Å².